The summed E-state index contributed by atoms with van der Waals surface area (Å²) >= 11 is 0. The molecule has 1 amide bonds. The number of carbonyl (C=O) groups is 1. The van der Waals surface area contributed by atoms with Crippen molar-refractivity contribution in [1.82, 2.24) is 14.6 Å². The van der Waals surface area contributed by atoms with Gasteiger partial charge in [0.05, 0.1) is 11.7 Å². The molecule has 0 saturated heterocycles. The molecule has 0 unspecified atom stereocenters. The minimum absolute atomic E-state index is 0.195. The molecular formula is C17H23N3O2. The largest absolute Gasteiger partial charge is 0.361 e. The molecular weight excluding hydrogens is 278 g/mol. The van der Waals surface area contributed by atoms with E-state index in [0.29, 0.717) is 12.8 Å². The molecule has 1 aliphatic rings. The predicted molar refractivity (Wildman–Crippen MR) is 83.5 cm³/mol. The SMILES string of the molecule is CC[C@H]1c2cccn2CCN1C(=O)CCc1c(C)noc1C. The van der Waals surface area contributed by atoms with Crippen LogP contribution >= 0.6 is 0 Å². The average Bonchev–Trinajstić information content (AvgIpc) is 3.11. The molecule has 0 bridgehead atoms. The summed E-state index contributed by atoms with van der Waals surface area (Å²) in [4.78, 5) is 14.7. The number of hydrogen-bond acceptors (Lipinski definition) is 3. The highest BCUT2D eigenvalue weighted by Crippen LogP contribution is 2.29. The quantitative estimate of drug-likeness (QED) is 0.872. The van der Waals surface area contributed by atoms with E-state index in [0.717, 1.165) is 36.5 Å². The molecule has 5 nitrogen and oxygen atoms in total. The molecule has 0 aromatic carbocycles. The Bertz CT molecular complexity index is 652. The van der Waals surface area contributed by atoms with Gasteiger partial charge in [0.25, 0.3) is 0 Å². The highest BCUT2D eigenvalue weighted by atomic mass is 16.5. The summed E-state index contributed by atoms with van der Waals surface area (Å²) in [5, 5.41) is 3.96. The van der Waals surface area contributed by atoms with E-state index in [1.807, 2.05) is 18.7 Å². The first-order valence-corrected chi connectivity index (χ1v) is 7.98. The number of fused-ring (bicyclic) bond motifs is 1. The van der Waals surface area contributed by atoms with E-state index in [1.54, 1.807) is 0 Å². The zero-order valence-electron chi connectivity index (χ0n) is 13.5. The van der Waals surface area contributed by atoms with E-state index in [4.69, 9.17) is 4.52 Å². The van der Waals surface area contributed by atoms with Crippen molar-refractivity contribution in [2.75, 3.05) is 6.54 Å². The smallest absolute Gasteiger partial charge is 0.223 e. The Labute approximate surface area is 130 Å². The van der Waals surface area contributed by atoms with Gasteiger partial charge in [0.15, 0.2) is 0 Å². The molecule has 0 N–H and O–H groups in total. The number of carbonyl (C=O) groups excluding carboxylic acids is 1. The van der Waals surface area contributed by atoms with Gasteiger partial charge in [0, 0.05) is 37.0 Å². The topological polar surface area (TPSA) is 51.3 Å². The Morgan fingerprint density at radius 2 is 2.23 bits per heavy atom. The summed E-state index contributed by atoms with van der Waals surface area (Å²) in [6, 6.07) is 4.39. The summed E-state index contributed by atoms with van der Waals surface area (Å²) in [6.07, 6.45) is 4.26. The third-order valence-electron chi connectivity index (χ3n) is 4.64. The molecule has 3 heterocycles. The first kappa shape index (κ1) is 14.9. The van der Waals surface area contributed by atoms with Gasteiger partial charge in [-0.15, -0.1) is 0 Å². The summed E-state index contributed by atoms with van der Waals surface area (Å²) in [7, 11) is 0. The molecule has 0 radical (unpaired) electrons. The first-order valence-electron chi connectivity index (χ1n) is 7.98. The zero-order chi connectivity index (χ0) is 15.7. The van der Waals surface area contributed by atoms with E-state index in [-0.39, 0.29) is 11.9 Å². The summed E-state index contributed by atoms with van der Waals surface area (Å²) in [5.41, 5.74) is 3.21. The Hall–Kier alpha value is -2.04. The Kier molecular flexibility index (Phi) is 4.05. The highest BCUT2D eigenvalue weighted by Gasteiger charge is 2.29. The Morgan fingerprint density at radius 3 is 2.91 bits per heavy atom. The van der Waals surface area contributed by atoms with Crippen LogP contribution in [0.4, 0.5) is 0 Å². The molecule has 0 saturated carbocycles. The molecule has 118 valence electrons. The van der Waals surface area contributed by atoms with Crippen molar-refractivity contribution in [3.05, 3.63) is 41.0 Å². The zero-order valence-corrected chi connectivity index (χ0v) is 13.5. The fraction of sp³-hybridized carbons (Fsp3) is 0.529. The number of aromatic nitrogens is 2. The van der Waals surface area contributed by atoms with E-state index < -0.39 is 0 Å². The molecule has 3 rings (SSSR count). The molecule has 5 heteroatoms. The lowest BCUT2D eigenvalue weighted by Gasteiger charge is -2.36. The van der Waals surface area contributed by atoms with Gasteiger partial charge in [-0.25, -0.2) is 0 Å². The van der Waals surface area contributed by atoms with Crippen molar-refractivity contribution in [1.29, 1.82) is 0 Å². The van der Waals surface area contributed by atoms with Gasteiger partial charge in [-0.2, -0.15) is 0 Å². The van der Waals surface area contributed by atoms with Gasteiger partial charge >= 0.3 is 0 Å². The molecule has 0 aliphatic carbocycles. The van der Waals surface area contributed by atoms with Gasteiger partial charge < -0.3 is 14.0 Å². The van der Waals surface area contributed by atoms with Crippen molar-refractivity contribution in [2.45, 2.75) is 52.6 Å². The Morgan fingerprint density at radius 1 is 1.41 bits per heavy atom. The van der Waals surface area contributed by atoms with E-state index in [9.17, 15) is 4.79 Å². The fourth-order valence-electron chi connectivity index (χ4n) is 3.43. The van der Waals surface area contributed by atoms with Crippen LogP contribution in [0.1, 0.15) is 48.5 Å². The van der Waals surface area contributed by atoms with Crippen LogP contribution < -0.4 is 0 Å². The van der Waals surface area contributed by atoms with E-state index in [1.165, 1.54) is 5.69 Å². The van der Waals surface area contributed by atoms with Crippen LogP contribution in [0.25, 0.3) is 0 Å². The van der Waals surface area contributed by atoms with Gasteiger partial charge in [-0.05, 0) is 38.8 Å². The second kappa shape index (κ2) is 5.99. The second-order valence-electron chi connectivity index (χ2n) is 5.94. The average molecular weight is 301 g/mol. The van der Waals surface area contributed by atoms with Crippen LogP contribution in [0.2, 0.25) is 0 Å². The van der Waals surface area contributed by atoms with Gasteiger partial charge in [-0.3, -0.25) is 4.79 Å². The maximum Gasteiger partial charge on any atom is 0.223 e. The number of aryl methyl sites for hydroxylation is 2. The van der Waals surface area contributed by atoms with Crippen molar-refractivity contribution in [3.8, 4) is 0 Å². The molecule has 1 atom stereocenters. The van der Waals surface area contributed by atoms with E-state index in [2.05, 4.69) is 35.0 Å². The third kappa shape index (κ3) is 2.56. The second-order valence-corrected chi connectivity index (χ2v) is 5.94. The molecule has 22 heavy (non-hydrogen) atoms. The normalized spacial score (nSPS) is 17.6. The maximum atomic E-state index is 12.7. The molecule has 1 aliphatic heterocycles. The standard InChI is InChI=1S/C17H23N3O2/c1-4-15-16-6-5-9-19(16)10-11-20(15)17(21)8-7-14-12(2)18-22-13(14)3/h5-6,9,15H,4,7-8,10-11H2,1-3H3/t15-/m0/s1. The van der Waals surface area contributed by atoms with Crippen molar-refractivity contribution in [3.63, 3.8) is 0 Å². The lowest BCUT2D eigenvalue weighted by atomic mass is 10.0. The Balaban J connectivity index is 1.70. The van der Waals surface area contributed by atoms with Crippen molar-refractivity contribution in [2.24, 2.45) is 0 Å². The monoisotopic (exact) mass is 301 g/mol. The summed E-state index contributed by atoms with van der Waals surface area (Å²) < 4.78 is 7.43. The molecule has 2 aromatic rings. The van der Waals surface area contributed by atoms with Gasteiger partial charge in [0.1, 0.15) is 5.76 Å². The number of rotatable bonds is 4. The number of nitrogens with zero attached hydrogens (tertiary/aromatic N) is 3. The van der Waals surface area contributed by atoms with Crippen molar-refractivity contribution < 1.29 is 9.32 Å². The van der Waals surface area contributed by atoms with Gasteiger partial charge in [-0.1, -0.05) is 12.1 Å². The maximum absolute atomic E-state index is 12.7. The van der Waals surface area contributed by atoms with Crippen LogP contribution in [0.3, 0.4) is 0 Å². The summed E-state index contributed by atoms with van der Waals surface area (Å²) in [6.45, 7) is 7.65. The fourth-order valence-corrected chi connectivity index (χ4v) is 3.43. The lowest BCUT2D eigenvalue weighted by Crippen LogP contribution is -2.41. The number of hydrogen-bond donors (Lipinski definition) is 0. The number of amides is 1. The molecule has 0 spiro atoms. The minimum atomic E-state index is 0.195. The lowest BCUT2D eigenvalue weighted by molar-refractivity contribution is -0.134. The highest BCUT2D eigenvalue weighted by molar-refractivity contribution is 5.77. The minimum Gasteiger partial charge on any atom is -0.361 e. The van der Waals surface area contributed by atoms with Crippen LogP contribution in [0, 0.1) is 13.8 Å². The van der Waals surface area contributed by atoms with E-state index >= 15 is 0 Å². The van der Waals surface area contributed by atoms with Crippen molar-refractivity contribution >= 4 is 5.91 Å². The van der Waals surface area contributed by atoms with Gasteiger partial charge in [0.2, 0.25) is 5.91 Å². The van der Waals surface area contributed by atoms with Crippen LogP contribution in [0.5, 0.6) is 0 Å². The summed E-state index contributed by atoms with van der Waals surface area (Å²) in [5.74, 6) is 1.05. The van der Waals surface area contributed by atoms with Crippen LogP contribution in [0.15, 0.2) is 22.9 Å². The van der Waals surface area contributed by atoms with Crippen LogP contribution in [-0.4, -0.2) is 27.1 Å². The molecule has 0 fully saturated rings. The molecule has 2 aromatic heterocycles. The predicted octanol–water partition coefficient (Wildman–Crippen LogP) is 3.02. The first-order chi connectivity index (χ1) is 10.6. The van der Waals surface area contributed by atoms with Crippen LogP contribution in [-0.2, 0) is 17.8 Å². The third-order valence-corrected chi connectivity index (χ3v) is 4.64.